The van der Waals surface area contributed by atoms with Gasteiger partial charge in [0.05, 0.1) is 11.5 Å². The molecule has 0 radical (unpaired) electrons. The number of rotatable bonds is 7. The summed E-state index contributed by atoms with van der Waals surface area (Å²) in [4.78, 5) is 0.120. The van der Waals surface area contributed by atoms with Crippen LogP contribution >= 0.6 is 0 Å². The molecule has 0 aliphatic rings. The molecule has 1 heterocycles. The maximum atomic E-state index is 12.4. The molecule has 140 valence electrons. The third-order valence-corrected chi connectivity index (χ3v) is 5.04. The highest BCUT2D eigenvalue weighted by Gasteiger charge is 2.15. The molecule has 0 fully saturated rings. The first-order valence-corrected chi connectivity index (χ1v) is 9.88. The van der Waals surface area contributed by atoms with E-state index in [-0.39, 0.29) is 10.7 Å². The van der Waals surface area contributed by atoms with Crippen molar-refractivity contribution in [1.29, 1.82) is 0 Å². The smallest absolute Gasteiger partial charge is 0.263 e. The summed E-state index contributed by atoms with van der Waals surface area (Å²) in [6.45, 7) is 4.39. The van der Waals surface area contributed by atoms with Gasteiger partial charge in [-0.25, -0.2) is 8.42 Å². The Bertz CT molecular complexity index is 987. The molecule has 0 saturated carbocycles. The monoisotopic (exact) mass is 384 g/mol. The number of aromatic nitrogens is 2. The van der Waals surface area contributed by atoms with Gasteiger partial charge >= 0.3 is 0 Å². The Morgan fingerprint density at radius 3 is 2.11 bits per heavy atom. The summed E-state index contributed by atoms with van der Waals surface area (Å²) >= 11 is 0. The van der Waals surface area contributed by atoms with E-state index in [1.807, 2.05) is 38.1 Å². The zero-order valence-corrected chi connectivity index (χ0v) is 15.8. The summed E-state index contributed by atoms with van der Waals surface area (Å²) in [6.07, 6.45) is 0. The molecular formula is C19H20N4O3S. The van der Waals surface area contributed by atoms with Gasteiger partial charge in [0.2, 0.25) is 0 Å². The highest BCUT2D eigenvalue weighted by molar-refractivity contribution is 7.92. The molecule has 0 aliphatic carbocycles. The van der Waals surface area contributed by atoms with Gasteiger partial charge in [0.15, 0.2) is 11.6 Å². The lowest BCUT2D eigenvalue weighted by Crippen LogP contribution is -2.14. The molecule has 0 bridgehead atoms. The van der Waals surface area contributed by atoms with E-state index >= 15 is 0 Å². The van der Waals surface area contributed by atoms with Crippen LogP contribution in [0.1, 0.15) is 12.5 Å². The van der Waals surface area contributed by atoms with Crippen LogP contribution in [0.2, 0.25) is 0 Å². The molecule has 8 heteroatoms. The van der Waals surface area contributed by atoms with Gasteiger partial charge in [0.25, 0.3) is 10.0 Å². The Hall–Kier alpha value is -3.13. The molecule has 2 N–H and O–H groups in total. The average molecular weight is 384 g/mol. The zero-order chi connectivity index (χ0) is 19.3. The first-order valence-electron chi connectivity index (χ1n) is 8.39. The van der Waals surface area contributed by atoms with Gasteiger partial charge in [-0.05, 0) is 62.4 Å². The summed E-state index contributed by atoms with van der Waals surface area (Å²) in [5.74, 6) is 1.27. The van der Waals surface area contributed by atoms with Gasteiger partial charge in [-0.2, -0.15) is 0 Å². The molecule has 0 aliphatic heterocycles. The van der Waals surface area contributed by atoms with Crippen LogP contribution in [-0.2, 0) is 10.0 Å². The van der Waals surface area contributed by atoms with E-state index in [2.05, 4.69) is 20.2 Å². The first-order chi connectivity index (χ1) is 13.0. The fraction of sp³-hybridized carbons (Fsp3) is 0.158. The third kappa shape index (κ3) is 4.95. The molecule has 2 aromatic carbocycles. The predicted molar refractivity (Wildman–Crippen MR) is 105 cm³/mol. The highest BCUT2D eigenvalue weighted by atomic mass is 32.2. The highest BCUT2D eigenvalue weighted by Crippen LogP contribution is 2.19. The fourth-order valence-electron chi connectivity index (χ4n) is 2.32. The minimum absolute atomic E-state index is 0.120. The van der Waals surface area contributed by atoms with Crippen molar-refractivity contribution >= 4 is 27.3 Å². The van der Waals surface area contributed by atoms with Crippen molar-refractivity contribution in [3.05, 3.63) is 66.2 Å². The Labute approximate surface area is 158 Å². The summed E-state index contributed by atoms with van der Waals surface area (Å²) < 4.78 is 32.6. The molecule has 0 saturated heterocycles. The summed E-state index contributed by atoms with van der Waals surface area (Å²) in [5.41, 5.74) is 2.03. The van der Waals surface area contributed by atoms with Crippen molar-refractivity contribution in [2.75, 3.05) is 16.6 Å². The number of hydrogen-bond donors (Lipinski definition) is 2. The second-order valence-corrected chi connectivity index (χ2v) is 7.49. The molecule has 0 amide bonds. The Balaban J connectivity index is 1.68. The topological polar surface area (TPSA) is 93.2 Å². The number of aryl methyl sites for hydroxylation is 1. The number of sulfonamides is 1. The van der Waals surface area contributed by atoms with Gasteiger partial charge in [-0.15, -0.1) is 10.2 Å². The SMILES string of the molecule is CCOc1ccc(S(=O)(=O)Nc2ccc(Nc3ccc(C)cc3)nn2)cc1. The molecule has 3 aromatic rings. The van der Waals surface area contributed by atoms with Crippen LogP contribution in [0.5, 0.6) is 5.75 Å². The van der Waals surface area contributed by atoms with E-state index in [0.717, 1.165) is 11.3 Å². The second kappa shape index (κ2) is 8.05. The first kappa shape index (κ1) is 18.7. The zero-order valence-electron chi connectivity index (χ0n) is 15.0. The van der Waals surface area contributed by atoms with Gasteiger partial charge in [0, 0.05) is 5.69 Å². The summed E-state index contributed by atoms with van der Waals surface area (Å²) in [7, 11) is -3.75. The quantitative estimate of drug-likeness (QED) is 0.645. The van der Waals surface area contributed by atoms with E-state index in [1.165, 1.54) is 12.1 Å². The van der Waals surface area contributed by atoms with Crippen LogP contribution in [0.4, 0.5) is 17.3 Å². The van der Waals surface area contributed by atoms with Gasteiger partial charge in [-0.1, -0.05) is 17.7 Å². The molecule has 27 heavy (non-hydrogen) atoms. The van der Waals surface area contributed by atoms with Crippen molar-refractivity contribution in [3.8, 4) is 5.75 Å². The lowest BCUT2D eigenvalue weighted by atomic mass is 10.2. The number of anilines is 3. The van der Waals surface area contributed by atoms with E-state index in [9.17, 15) is 8.42 Å². The Morgan fingerprint density at radius 2 is 1.52 bits per heavy atom. The second-order valence-electron chi connectivity index (χ2n) is 5.80. The van der Waals surface area contributed by atoms with Crippen LogP contribution in [0, 0.1) is 6.92 Å². The third-order valence-electron chi connectivity index (χ3n) is 3.67. The molecular weight excluding hydrogens is 364 g/mol. The van der Waals surface area contributed by atoms with Gasteiger partial charge in [0.1, 0.15) is 5.75 Å². The van der Waals surface area contributed by atoms with Crippen molar-refractivity contribution in [2.24, 2.45) is 0 Å². The number of hydrogen-bond acceptors (Lipinski definition) is 6. The maximum absolute atomic E-state index is 12.4. The largest absolute Gasteiger partial charge is 0.494 e. The van der Waals surface area contributed by atoms with E-state index in [4.69, 9.17) is 4.74 Å². The van der Waals surface area contributed by atoms with E-state index < -0.39 is 10.0 Å². The van der Waals surface area contributed by atoms with Crippen molar-refractivity contribution in [3.63, 3.8) is 0 Å². The Morgan fingerprint density at radius 1 is 0.889 bits per heavy atom. The van der Waals surface area contributed by atoms with Crippen molar-refractivity contribution in [2.45, 2.75) is 18.7 Å². The predicted octanol–water partition coefficient (Wildman–Crippen LogP) is 3.73. The van der Waals surface area contributed by atoms with E-state index in [0.29, 0.717) is 18.2 Å². The molecule has 3 rings (SSSR count). The average Bonchev–Trinajstić information content (AvgIpc) is 2.66. The van der Waals surface area contributed by atoms with Crippen LogP contribution in [-0.4, -0.2) is 25.2 Å². The normalized spacial score (nSPS) is 11.0. The summed E-state index contributed by atoms with van der Waals surface area (Å²) in [5, 5.41) is 11.0. The number of nitrogens with zero attached hydrogens (tertiary/aromatic N) is 2. The van der Waals surface area contributed by atoms with Crippen LogP contribution in [0.3, 0.4) is 0 Å². The van der Waals surface area contributed by atoms with Crippen LogP contribution in [0.25, 0.3) is 0 Å². The van der Waals surface area contributed by atoms with Crippen LogP contribution < -0.4 is 14.8 Å². The molecule has 1 aromatic heterocycles. The van der Waals surface area contributed by atoms with Crippen molar-refractivity contribution < 1.29 is 13.2 Å². The van der Waals surface area contributed by atoms with Gasteiger partial charge in [-0.3, -0.25) is 4.72 Å². The van der Waals surface area contributed by atoms with Crippen molar-refractivity contribution in [1.82, 2.24) is 10.2 Å². The van der Waals surface area contributed by atoms with E-state index in [1.54, 1.807) is 24.3 Å². The molecule has 0 spiro atoms. The lowest BCUT2D eigenvalue weighted by Gasteiger charge is -2.09. The lowest BCUT2D eigenvalue weighted by molar-refractivity contribution is 0.340. The molecule has 0 atom stereocenters. The minimum Gasteiger partial charge on any atom is -0.494 e. The Kier molecular flexibility index (Phi) is 5.56. The number of ether oxygens (including phenoxy) is 1. The molecule has 7 nitrogen and oxygen atoms in total. The maximum Gasteiger partial charge on any atom is 0.263 e. The van der Waals surface area contributed by atoms with Crippen LogP contribution in [0.15, 0.2) is 65.6 Å². The number of nitrogens with one attached hydrogen (secondary N) is 2. The standard InChI is InChI=1S/C19H20N4O3S/c1-3-26-16-8-10-17(11-9-16)27(24,25)23-19-13-12-18(21-22-19)20-15-6-4-14(2)5-7-15/h4-13H,3H2,1-2H3,(H,20,21)(H,22,23). The number of benzene rings is 2. The van der Waals surface area contributed by atoms with Gasteiger partial charge < -0.3 is 10.1 Å². The summed E-state index contributed by atoms with van der Waals surface area (Å²) in [6, 6.07) is 17.2. The fourth-order valence-corrected chi connectivity index (χ4v) is 3.31. The molecule has 0 unspecified atom stereocenters. The minimum atomic E-state index is -3.75.